The highest BCUT2D eigenvalue weighted by molar-refractivity contribution is 7.89. The lowest BCUT2D eigenvalue weighted by atomic mass is 9.96. The number of benzene rings is 1. The molecule has 1 aromatic carbocycles. The highest BCUT2D eigenvalue weighted by atomic mass is 32.2. The van der Waals surface area contributed by atoms with E-state index in [-0.39, 0.29) is 6.04 Å². The quantitative estimate of drug-likeness (QED) is 0.773. The molecule has 114 valence electrons. The van der Waals surface area contributed by atoms with E-state index in [1.165, 1.54) is 0 Å². The van der Waals surface area contributed by atoms with Crippen molar-refractivity contribution in [2.24, 2.45) is 11.7 Å². The lowest BCUT2D eigenvalue weighted by Crippen LogP contribution is -2.37. The molecule has 0 aromatic heterocycles. The molecule has 0 saturated heterocycles. The van der Waals surface area contributed by atoms with Crippen LogP contribution in [-0.2, 0) is 16.4 Å². The Balaban J connectivity index is 2.82. The molecule has 0 bridgehead atoms. The summed E-state index contributed by atoms with van der Waals surface area (Å²) in [6.45, 7) is 6.66. The highest BCUT2D eigenvalue weighted by Crippen LogP contribution is 2.17. The Labute approximate surface area is 122 Å². The van der Waals surface area contributed by atoms with Crippen LogP contribution in [0.15, 0.2) is 29.2 Å². The normalized spacial score (nSPS) is 13.7. The summed E-state index contributed by atoms with van der Waals surface area (Å²) in [5.74, 6) is 0.362. The summed E-state index contributed by atoms with van der Waals surface area (Å²) in [6.07, 6.45) is 2.70. The molecule has 3 N–H and O–H groups in total. The first-order valence-corrected chi connectivity index (χ1v) is 8.74. The van der Waals surface area contributed by atoms with Gasteiger partial charge in [-0.2, -0.15) is 0 Å². The minimum absolute atomic E-state index is 0.0567. The third-order valence-corrected chi connectivity index (χ3v) is 5.34. The van der Waals surface area contributed by atoms with Crippen molar-refractivity contribution in [3.8, 4) is 0 Å². The van der Waals surface area contributed by atoms with Crippen molar-refractivity contribution in [2.45, 2.75) is 51.0 Å². The van der Waals surface area contributed by atoms with Gasteiger partial charge in [-0.05, 0) is 43.5 Å². The molecule has 1 atom stereocenters. The van der Waals surface area contributed by atoms with Crippen molar-refractivity contribution >= 4 is 10.0 Å². The molecule has 0 saturated carbocycles. The second-order valence-corrected chi connectivity index (χ2v) is 6.88. The summed E-state index contributed by atoms with van der Waals surface area (Å²) in [6, 6.07) is 6.88. The topological polar surface area (TPSA) is 72.2 Å². The molecule has 0 aliphatic carbocycles. The molecule has 0 heterocycles. The minimum Gasteiger partial charge on any atom is -0.330 e. The maximum absolute atomic E-state index is 12.3. The van der Waals surface area contributed by atoms with Crippen molar-refractivity contribution in [2.75, 3.05) is 6.54 Å². The van der Waals surface area contributed by atoms with Gasteiger partial charge in [-0.3, -0.25) is 0 Å². The Morgan fingerprint density at radius 3 is 2.15 bits per heavy atom. The van der Waals surface area contributed by atoms with Gasteiger partial charge in [-0.1, -0.05) is 38.8 Å². The predicted molar refractivity (Wildman–Crippen MR) is 83.1 cm³/mol. The van der Waals surface area contributed by atoms with Crippen molar-refractivity contribution in [3.05, 3.63) is 29.8 Å². The van der Waals surface area contributed by atoms with Crippen LogP contribution >= 0.6 is 0 Å². The highest BCUT2D eigenvalue weighted by Gasteiger charge is 2.21. The van der Waals surface area contributed by atoms with Gasteiger partial charge in [0.2, 0.25) is 10.0 Å². The van der Waals surface area contributed by atoms with Gasteiger partial charge in [0.1, 0.15) is 0 Å². The lowest BCUT2D eigenvalue weighted by molar-refractivity contribution is 0.391. The fourth-order valence-corrected chi connectivity index (χ4v) is 3.72. The standard InChI is InChI=1S/C15H26N2O2S/c1-4-14(5-2)12(3)17-20(18,19)15-8-6-13(7-9-15)10-11-16/h6-9,12,14,17H,4-5,10-11,16H2,1-3H3. The van der Waals surface area contributed by atoms with Gasteiger partial charge in [0.25, 0.3) is 0 Å². The molecule has 5 heteroatoms. The zero-order valence-corrected chi connectivity index (χ0v) is 13.4. The van der Waals surface area contributed by atoms with Gasteiger partial charge < -0.3 is 5.73 Å². The number of nitrogens with one attached hydrogen (secondary N) is 1. The van der Waals surface area contributed by atoms with Crippen LogP contribution in [0, 0.1) is 5.92 Å². The Morgan fingerprint density at radius 1 is 1.15 bits per heavy atom. The van der Waals surface area contributed by atoms with Gasteiger partial charge in [-0.15, -0.1) is 0 Å². The van der Waals surface area contributed by atoms with Gasteiger partial charge >= 0.3 is 0 Å². The molecule has 0 fully saturated rings. The number of hydrogen-bond acceptors (Lipinski definition) is 3. The van der Waals surface area contributed by atoms with E-state index < -0.39 is 10.0 Å². The first-order chi connectivity index (χ1) is 9.44. The van der Waals surface area contributed by atoms with E-state index in [0.29, 0.717) is 17.4 Å². The van der Waals surface area contributed by atoms with Crippen molar-refractivity contribution in [3.63, 3.8) is 0 Å². The molecule has 0 spiro atoms. The van der Waals surface area contributed by atoms with Crippen LogP contribution in [0.2, 0.25) is 0 Å². The van der Waals surface area contributed by atoms with Crippen molar-refractivity contribution in [1.82, 2.24) is 4.72 Å². The molecule has 20 heavy (non-hydrogen) atoms. The molecular formula is C15H26N2O2S. The lowest BCUT2D eigenvalue weighted by Gasteiger charge is -2.22. The van der Waals surface area contributed by atoms with Crippen LogP contribution in [0.1, 0.15) is 39.2 Å². The van der Waals surface area contributed by atoms with Gasteiger partial charge in [0.15, 0.2) is 0 Å². The van der Waals surface area contributed by atoms with E-state index in [9.17, 15) is 8.42 Å². The fourth-order valence-electron chi connectivity index (χ4n) is 2.41. The predicted octanol–water partition coefficient (Wildman–Crippen LogP) is 2.29. The van der Waals surface area contributed by atoms with Crippen LogP contribution < -0.4 is 10.5 Å². The van der Waals surface area contributed by atoms with E-state index in [1.54, 1.807) is 12.1 Å². The van der Waals surface area contributed by atoms with Crippen LogP contribution in [-0.4, -0.2) is 21.0 Å². The van der Waals surface area contributed by atoms with E-state index in [1.807, 2.05) is 19.1 Å². The monoisotopic (exact) mass is 298 g/mol. The maximum Gasteiger partial charge on any atom is 0.240 e. The Hall–Kier alpha value is -0.910. The van der Waals surface area contributed by atoms with E-state index in [2.05, 4.69) is 18.6 Å². The van der Waals surface area contributed by atoms with E-state index >= 15 is 0 Å². The van der Waals surface area contributed by atoms with Gasteiger partial charge in [-0.25, -0.2) is 13.1 Å². The molecule has 1 rings (SSSR count). The summed E-state index contributed by atoms with van der Waals surface area (Å²) in [4.78, 5) is 0.316. The van der Waals surface area contributed by atoms with Crippen molar-refractivity contribution in [1.29, 1.82) is 0 Å². The van der Waals surface area contributed by atoms with Crippen LogP contribution in [0.5, 0.6) is 0 Å². The molecule has 4 nitrogen and oxygen atoms in total. The average molecular weight is 298 g/mol. The van der Waals surface area contributed by atoms with Gasteiger partial charge in [0, 0.05) is 6.04 Å². The SMILES string of the molecule is CCC(CC)C(C)NS(=O)(=O)c1ccc(CCN)cc1. The van der Waals surface area contributed by atoms with Gasteiger partial charge in [0.05, 0.1) is 4.90 Å². The number of rotatable bonds is 8. The first-order valence-electron chi connectivity index (χ1n) is 7.25. The number of hydrogen-bond donors (Lipinski definition) is 2. The van der Waals surface area contributed by atoms with Crippen LogP contribution in [0.4, 0.5) is 0 Å². The summed E-state index contributed by atoms with van der Waals surface area (Å²) in [7, 11) is -3.44. The number of nitrogens with two attached hydrogens (primary N) is 1. The molecular weight excluding hydrogens is 272 g/mol. The minimum atomic E-state index is -3.44. The van der Waals surface area contributed by atoms with E-state index in [0.717, 1.165) is 24.8 Å². The average Bonchev–Trinajstić information content (AvgIpc) is 2.40. The van der Waals surface area contributed by atoms with Crippen molar-refractivity contribution < 1.29 is 8.42 Å². The van der Waals surface area contributed by atoms with Crippen LogP contribution in [0.3, 0.4) is 0 Å². The molecule has 1 unspecified atom stereocenters. The Kier molecular flexibility index (Phi) is 6.65. The molecule has 0 amide bonds. The van der Waals surface area contributed by atoms with Crippen LogP contribution in [0.25, 0.3) is 0 Å². The smallest absolute Gasteiger partial charge is 0.240 e. The Morgan fingerprint density at radius 2 is 1.70 bits per heavy atom. The second kappa shape index (κ2) is 7.76. The Bertz CT molecular complexity index is 493. The van der Waals surface area contributed by atoms with E-state index in [4.69, 9.17) is 5.73 Å². The summed E-state index contributed by atoms with van der Waals surface area (Å²) in [5.41, 5.74) is 6.54. The second-order valence-electron chi connectivity index (χ2n) is 5.17. The number of sulfonamides is 1. The summed E-state index contributed by atoms with van der Waals surface area (Å²) < 4.78 is 27.4. The zero-order valence-electron chi connectivity index (χ0n) is 12.6. The zero-order chi connectivity index (χ0) is 15.2. The largest absolute Gasteiger partial charge is 0.330 e. The summed E-state index contributed by atoms with van der Waals surface area (Å²) >= 11 is 0. The summed E-state index contributed by atoms with van der Waals surface area (Å²) in [5, 5.41) is 0. The fraction of sp³-hybridized carbons (Fsp3) is 0.600. The molecule has 0 radical (unpaired) electrons. The third-order valence-electron chi connectivity index (χ3n) is 3.76. The molecule has 0 aliphatic heterocycles. The first kappa shape index (κ1) is 17.1. The molecule has 1 aromatic rings. The molecule has 0 aliphatic rings. The third kappa shape index (κ3) is 4.58. The maximum atomic E-state index is 12.3.